The summed E-state index contributed by atoms with van der Waals surface area (Å²) >= 11 is 6.55. The molecule has 1 aliphatic heterocycles. The van der Waals surface area contributed by atoms with Gasteiger partial charge in [0.2, 0.25) is 0 Å². The molecule has 1 aliphatic rings. The van der Waals surface area contributed by atoms with Crippen molar-refractivity contribution < 1.29 is 13.9 Å². The third-order valence-electron chi connectivity index (χ3n) is 5.88. The molecular formula is C26H24ClFN4O2. The van der Waals surface area contributed by atoms with Crippen LogP contribution < -0.4 is 4.74 Å². The first-order valence-electron chi connectivity index (χ1n) is 11.1. The molecule has 4 aromatic rings. The van der Waals surface area contributed by atoms with Gasteiger partial charge in [-0.25, -0.2) is 4.98 Å². The van der Waals surface area contributed by atoms with Crippen LogP contribution in [0.15, 0.2) is 54.7 Å². The molecule has 6 nitrogen and oxygen atoms in total. The van der Waals surface area contributed by atoms with Crippen LogP contribution in [0.4, 0.5) is 4.39 Å². The van der Waals surface area contributed by atoms with Crippen LogP contribution in [0.5, 0.6) is 11.8 Å². The Balaban J connectivity index is 1.38. The minimum atomic E-state index is -0.644. The largest absolute Gasteiger partial charge is 0.424 e. The second-order valence-electron chi connectivity index (χ2n) is 8.86. The van der Waals surface area contributed by atoms with Gasteiger partial charge in [-0.1, -0.05) is 55.8 Å². The predicted molar refractivity (Wildman–Crippen MR) is 131 cm³/mol. The maximum absolute atomic E-state index is 13.2. The molecule has 8 heteroatoms. The molecule has 0 aliphatic carbocycles. The second-order valence-corrected chi connectivity index (χ2v) is 9.27. The number of alkyl halides is 1. The fourth-order valence-corrected chi connectivity index (χ4v) is 4.06. The van der Waals surface area contributed by atoms with Crippen LogP contribution in [0.2, 0.25) is 5.02 Å². The van der Waals surface area contributed by atoms with Crippen molar-refractivity contribution in [2.45, 2.75) is 25.7 Å². The number of nitrogens with one attached hydrogen (secondary N) is 1. The molecule has 0 saturated heterocycles. The van der Waals surface area contributed by atoms with E-state index in [2.05, 4.69) is 38.1 Å². The number of aromatic amines is 1. The van der Waals surface area contributed by atoms with E-state index in [4.69, 9.17) is 21.1 Å². The van der Waals surface area contributed by atoms with Gasteiger partial charge >= 0.3 is 6.01 Å². The molecule has 1 aromatic carbocycles. The van der Waals surface area contributed by atoms with Gasteiger partial charge in [0.15, 0.2) is 5.65 Å². The Kier molecular flexibility index (Phi) is 6.06. The smallest absolute Gasteiger partial charge is 0.301 e. The second kappa shape index (κ2) is 9.16. The number of hydrogen-bond acceptors (Lipinski definition) is 5. The van der Waals surface area contributed by atoms with E-state index in [-0.39, 0.29) is 6.01 Å². The SMILES string of the molecule is CC(C)(CF)c1ccc(Oc2nc3nc(-c4ccc(C5=CCOCC5)cc4)c(Cl)cc3[nH]2)cn1. The summed E-state index contributed by atoms with van der Waals surface area (Å²) in [5, 5.41) is 0.514. The van der Waals surface area contributed by atoms with Crippen LogP contribution in [0.25, 0.3) is 28.0 Å². The van der Waals surface area contributed by atoms with Crippen molar-refractivity contribution in [2.75, 3.05) is 19.9 Å². The number of nitrogens with zero attached hydrogens (tertiary/aromatic N) is 3. The van der Waals surface area contributed by atoms with Gasteiger partial charge in [-0.2, -0.15) is 4.98 Å². The van der Waals surface area contributed by atoms with E-state index in [0.29, 0.717) is 39.9 Å². The Morgan fingerprint density at radius 3 is 2.59 bits per heavy atom. The Hall–Kier alpha value is -3.29. The topological polar surface area (TPSA) is 72.9 Å². The molecule has 0 unspecified atom stereocenters. The lowest BCUT2D eigenvalue weighted by atomic mass is 9.91. The number of imidazole rings is 1. The van der Waals surface area contributed by atoms with E-state index >= 15 is 0 Å². The number of halogens is 2. The fourth-order valence-electron chi connectivity index (χ4n) is 3.80. The molecule has 174 valence electrons. The van der Waals surface area contributed by atoms with Crippen molar-refractivity contribution >= 4 is 28.3 Å². The quantitative estimate of drug-likeness (QED) is 0.341. The number of H-pyrrole nitrogens is 1. The lowest BCUT2D eigenvalue weighted by Crippen LogP contribution is -2.21. The van der Waals surface area contributed by atoms with Crippen LogP contribution >= 0.6 is 11.6 Å². The number of rotatable bonds is 6. The Bertz CT molecular complexity index is 1350. The van der Waals surface area contributed by atoms with Gasteiger partial charge in [0.05, 0.1) is 35.6 Å². The van der Waals surface area contributed by atoms with Crippen molar-refractivity contribution in [1.82, 2.24) is 19.9 Å². The first-order valence-corrected chi connectivity index (χ1v) is 11.4. The van der Waals surface area contributed by atoms with Gasteiger partial charge < -0.3 is 14.5 Å². The minimum Gasteiger partial charge on any atom is -0.424 e. The van der Waals surface area contributed by atoms with Crippen LogP contribution in [0.3, 0.4) is 0 Å². The monoisotopic (exact) mass is 478 g/mol. The Morgan fingerprint density at radius 1 is 1.12 bits per heavy atom. The van der Waals surface area contributed by atoms with Crippen LogP contribution in [0, 0.1) is 0 Å². The van der Waals surface area contributed by atoms with Crippen LogP contribution in [0.1, 0.15) is 31.5 Å². The summed E-state index contributed by atoms with van der Waals surface area (Å²) < 4.78 is 24.4. The van der Waals surface area contributed by atoms with Gasteiger partial charge in [0, 0.05) is 16.7 Å². The van der Waals surface area contributed by atoms with Gasteiger partial charge in [-0.15, -0.1) is 0 Å². The van der Waals surface area contributed by atoms with E-state index in [0.717, 1.165) is 18.6 Å². The van der Waals surface area contributed by atoms with Crippen molar-refractivity contribution in [3.05, 3.63) is 71.0 Å². The average Bonchev–Trinajstić information content (AvgIpc) is 3.25. The number of ether oxygens (including phenoxy) is 2. The summed E-state index contributed by atoms with van der Waals surface area (Å²) in [4.78, 5) is 16.5. The highest BCUT2D eigenvalue weighted by molar-refractivity contribution is 6.33. The Morgan fingerprint density at radius 2 is 1.91 bits per heavy atom. The summed E-state index contributed by atoms with van der Waals surface area (Å²) in [5.41, 5.74) is 5.19. The summed E-state index contributed by atoms with van der Waals surface area (Å²) in [5.74, 6) is 0.488. The maximum Gasteiger partial charge on any atom is 0.301 e. The standard InChI is InChI=1S/C26H24ClFN4O2/c1-26(2,15-28)22-8-7-19(14-29-22)34-25-30-21-13-20(27)23(31-24(21)32-25)18-5-3-16(4-6-18)17-9-11-33-12-10-17/h3-9,13-14H,10-12,15H2,1-2H3,(H,30,31,32). The fraction of sp³-hybridized carbons (Fsp3) is 0.269. The molecule has 34 heavy (non-hydrogen) atoms. The molecule has 3 aromatic heterocycles. The van der Waals surface area contributed by atoms with Gasteiger partial charge in [-0.3, -0.25) is 9.37 Å². The van der Waals surface area contributed by atoms with Gasteiger partial charge in [0.25, 0.3) is 0 Å². The number of benzene rings is 1. The van der Waals surface area contributed by atoms with Gasteiger partial charge in [0.1, 0.15) is 12.4 Å². The van der Waals surface area contributed by atoms with E-state index < -0.39 is 12.1 Å². The summed E-state index contributed by atoms with van der Waals surface area (Å²) in [6.07, 6.45) is 4.58. The summed E-state index contributed by atoms with van der Waals surface area (Å²) in [6.45, 7) is 4.52. The first kappa shape index (κ1) is 22.5. The van der Waals surface area contributed by atoms with E-state index in [1.54, 1.807) is 38.2 Å². The van der Waals surface area contributed by atoms with Crippen molar-refractivity contribution in [3.63, 3.8) is 0 Å². The summed E-state index contributed by atoms with van der Waals surface area (Å²) in [7, 11) is 0. The number of fused-ring (bicyclic) bond motifs is 1. The third-order valence-corrected chi connectivity index (χ3v) is 6.16. The molecule has 1 N–H and O–H groups in total. The molecule has 0 spiro atoms. The molecular weight excluding hydrogens is 455 g/mol. The zero-order valence-corrected chi connectivity index (χ0v) is 19.7. The van der Waals surface area contributed by atoms with E-state index in [1.165, 1.54) is 11.1 Å². The molecule has 5 rings (SSSR count). The predicted octanol–water partition coefficient (Wildman–Crippen LogP) is 6.52. The molecule has 0 radical (unpaired) electrons. The number of pyridine rings is 2. The Labute approximate surface area is 201 Å². The molecule has 0 amide bonds. The summed E-state index contributed by atoms with van der Waals surface area (Å²) in [6, 6.07) is 13.8. The van der Waals surface area contributed by atoms with Crippen molar-refractivity contribution in [3.8, 4) is 23.0 Å². The molecule has 4 heterocycles. The van der Waals surface area contributed by atoms with Crippen LogP contribution in [-0.2, 0) is 10.2 Å². The lowest BCUT2D eigenvalue weighted by Gasteiger charge is -2.19. The lowest BCUT2D eigenvalue weighted by molar-refractivity contribution is 0.161. The average molecular weight is 479 g/mol. The maximum atomic E-state index is 13.2. The molecule has 0 fully saturated rings. The molecule has 0 saturated carbocycles. The van der Waals surface area contributed by atoms with E-state index in [9.17, 15) is 4.39 Å². The third kappa shape index (κ3) is 4.54. The van der Waals surface area contributed by atoms with Gasteiger partial charge in [-0.05, 0) is 35.8 Å². The van der Waals surface area contributed by atoms with Crippen molar-refractivity contribution in [1.29, 1.82) is 0 Å². The highest BCUT2D eigenvalue weighted by Crippen LogP contribution is 2.32. The van der Waals surface area contributed by atoms with Crippen molar-refractivity contribution in [2.24, 2.45) is 0 Å². The zero-order chi connectivity index (χ0) is 23.7. The highest BCUT2D eigenvalue weighted by atomic mass is 35.5. The zero-order valence-electron chi connectivity index (χ0n) is 18.9. The molecule has 0 atom stereocenters. The normalized spacial score (nSPS) is 14.3. The molecule has 0 bridgehead atoms. The van der Waals surface area contributed by atoms with E-state index in [1.807, 2.05) is 12.1 Å². The first-order chi connectivity index (χ1) is 16.4. The number of hydrogen-bond donors (Lipinski definition) is 1. The highest BCUT2D eigenvalue weighted by Gasteiger charge is 2.22. The van der Waals surface area contributed by atoms with Crippen LogP contribution in [-0.4, -0.2) is 39.8 Å². The number of aromatic nitrogens is 4. The minimum absolute atomic E-state index is 0.275.